The highest BCUT2D eigenvalue weighted by Gasteiger charge is 2.02. The molecule has 2 aromatic rings. The highest BCUT2D eigenvalue weighted by Crippen LogP contribution is 2.31. The zero-order chi connectivity index (χ0) is 12.1. The number of rotatable bonds is 3. The zero-order valence-electron chi connectivity index (χ0n) is 9.30. The van der Waals surface area contributed by atoms with Crippen molar-refractivity contribution in [3.63, 3.8) is 0 Å². The fourth-order valence-corrected chi connectivity index (χ4v) is 1.51. The Bertz CT molecular complexity index is 526. The van der Waals surface area contributed by atoms with Gasteiger partial charge in [0.1, 0.15) is 11.4 Å². The van der Waals surface area contributed by atoms with Crippen molar-refractivity contribution in [2.45, 2.75) is 0 Å². The molecule has 4 heteroatoms. The van der Waals surface area contributed by atoms with Gasteiger partial charge in [-0.05, 0) is 30.3 Å². The van der Waals surface area contributed by atoms with E-state index in [0.29, 0.717) is 16.5 Å². The first-order valence-electron chi connectivity index (χ1n) is 5.10. The Labute approximate surface area is 105 Å². The molecule has 2 rings (SSSR count). The van der Waals surface area contributed by atoms with Gasteiger partial charge in [-0.3, -0.25) is 0 Å². The minimum Gasteiger partial charge on any atom is -0.494 e. The van der Waals surface area contributed by atoms with Crippen LogP contribution >= 0.6 is 11.6 Å². The lowest BCUT2D eigenvalue weighted by Crippen LogP contribution is -1.82. The zero-order valence-corrected chi connectivity index (χ0v) is 10.1. The van der Waals surface area contributed by atoms with E-state index < -0.39 is 0 Å². The monoisotopic (exact) mass is 246 g/mol. The highest BCUT2D eigenvalue weighted by atomic mass is 35.5. The van der Waals surface area contributed by atoms with Gasteiger partial charge in [-0.15, -0.1) is 5.11 Å². The third kappa shape index (κ3) is 3.04. The van der Waals surface area contributed by atoms with E-state index in [4.69, 9.17) is 16.3 Å². The maximum Gasteiger partial charge on any atom is 0.146 e. The standard InChI is InChI=1S/C13H11ClN2O/c1-17-13-8-7-10(14)9-12(13)16-15-11-5-3-2-4-6-11/h2-9H,1H3. The smallest absolute Gasteiger partial charge is 0.146 e. The van der Waals surface area contributed by atoms with Crippen LogP contribution in [0.25, 0.3) is 0 Å². The van der Waals surface area contributed by atoms with Crippen LogP contribution < -0.4 is 4.74 Å². The Morgan fingerprint density at radius 3 is 2.47 bits per heavy atom. The molecule has 0 radical (unpaired) electrons. The average Bonchev–Trinajstić information content (AvgIpc) is 2.38. The van der Waals surface area contributed by atoms with Crippen molar-refractivity contribution in [1.82, 2.24) is 0 Å². The Morgan fingerprint density at radius 2 is 1.76 bits per heavy atom. The van der Waals surface area contributed by atoms with E-state index in [-0.39, 0.29) is 0 Å². The first-order chi connectivity index (χ1) is 8.29. The minimum atomic E-state index is 0.604. The van der Waals surface area contributed by atoms with Crippen LogP contribution in [0, 0.1) is 0 Å². The van der Waals surface area contributed by atoms with Crippen molar-refractivity contribution >= 4 is 23.0 Å². The largest absolute Gasteiger partial charge is 0.494 e. The van der Waals surface area contributed by atoms with Gasteiger partial charge in [-0.1, -0.05) is 29.8 Å². The number of halogens is 1. The third-order valence-corrected chi connectivity index (χ3v) is 2.41. The van der Waals surface area contributed by atoms with Gasteiger partial charge in [0.25, 0.3) is 0 Å². The van der Waals surface area contributed by atoms with E-state index in [1.807, 2.05) is 30.3 Å². The Kier molecular flexibility index (Phi) is 3.73. The summed E-state index contributed by atoms with van der Waals surface area (Å²) in [7, 11) is 1.59. The molecular formula is C13H11ClN2O. The fraction of sp³-hybridized carbons (Fsp3) is 0.0769. The van der Waals surface area contributed by atoms with E-state index in [1.165, 1.54) is 0 Å². The molecule has 0 atom stereocenters. The Balaban J connectivity index is 2.29. The van der Waals surface area contributed by atoms with E-state index in [1.54, 1.807) is 25.3 Å². The second-order valence-electron chi connectivity index (χ2n) is 3.35. The van der Waals surface area contributed by atoms with Crippen LogP contribution in [0.5, 0.6) is 5.75 Å². The van der Waals surface area contributed by atoms with E-state index in [9.17, 15) is 0 Å². The SMILES string of the molecule is COc1ccc(Cl)cc1N=Nc1ccccc1. The van der Waals surface area contributed by atoms with Gasteiger partial charge in [0, 0.05) is 5.02 Å². The molecule has 0 bridgehead atoms. The van der Waals surface area contributed by atoms with Crippen molar-refractivity contribution < 1.29 is 4.74 Å². The number of methoxy groups -OCH3 is 1. The number of nitrogens with zero attached hydrogens (tertiary/aromatic N) is 2. The van der Waals surface area contributed by atoms with Crippen molar-refractivity contribution in [2.24, 2.45) is 10.2 Å². The van der Waals surface area contributed by atoms with Gasteiger partial charge in [0.05, 0.1) is 12.8 Å². The molecule has 0 amide bonds. The molecule has 0 fully saturated rings. The minimum absolute atomic E-state index is 0.604. The van der Waals surface area contributed by atoms with Crippen molar-refractivity contribution in [3.05, 3.63) is 53.6 Å². The number of benzene rings is 2. The van der Waals surface area contributed by atoms with Crippen molar-refractivity contribution in [1.29, 1.82) is 0 Å². The summed E-state index contributed by atoms with van der Waals surface area (Å²) in [5, 5.41) is 8.84. The molecule has 0 saturated carbocycles. The van der Waals surface area contributed by atoms with Gasteiger partial charge < -0.3 is 4.74 Å². The summed E-state index contributed by atoms with van der Waals surface area (Å²) in [6.45, 7) is 0. The van der Waals surface area contributed by atoms with Crippen LogP contribution in [0.3, 0.4) is 0 Å². The lowest BCUT2D eigenvalue weighted by molar-refractivity contribution is 0.416. The molecule has 86 valence electrons. The molecule has 2 aromatic carbocycles. The normalized spacial score (nSPS) is 10.7. The topological polar surface area (TPSA) is 34.0 Å². The van der Waals surface area contributed by atoms with Gasteiger partial charge >= 0.3 is 0 Å². The van der Waals surface area contributed by atoms with Crippen LogP contribution in [0.2, 0.25) is 5.02 Å². The molecule has 3 nitrogen and oxygen atoms in total. The Hall–Kier alpha value is -1.87. The average molecular weight is 247 g/mol. The molecule has 17 heavy (non-hydrogen) atoms. The molecule has 0 heterocycles. The first-order valence-corrected chi connectivity index (χ1v) is 5.48. The lowest BCUT2D eigenvalue weighted by atomic mass is 10.3. The maximum atomic E-state index is 5.90. The number of hydrogen-bond acceptors (Lipinski definition) is 3. The molecule has 0 spiro atoms. The van der Waals surface area contributed by atoms with Crippen molar-refractivity contribution in [2.75, 3.05) is 7.11 Å². The molecule has 0 saturated heterocycles. The molecule has 0 aliphatic rings. The van der Waals surface area contributed by atoms with Crippen molar-refractivity contribution in [3.8, 4) is 5.75 Å². The summed E-state index contributed by atoms with van der Waals surface area (Å²) >= 11 is 5.90. The van der Waals surface area contributed by atoms with E-state index >= 15 is 0 Å². The van der Waals surface area contributed by atoms with Gasteiger partial charge in [0.2, 0.25) is 0 Å². The second-order valence-corrected chi connectivity index (χ2v) is 3.79. The van der Waals surface area contributed by atoms with Gasteiger partial charge in [-0.2, -0.15) is 5.11 Å². The summed E-state index contributed by atoms with van der Waals surface area (Å²) in [6.07, 6.45) is 0. The first kappa shape index (κ1) is 11.6. The fourth-order valence-electron chi connectivity index (χ4n) is 1.35. The maximum absolute atomic E-state index is 5.90. The summed E-state index contributed by atoms with van der Waals surface area (Å²) < 4.78 is 5.18. The Morgan fingerprint density at radius 1 is 1.00 bits per heavy atom. The molecular weight excluding hydrogens is 236 g/mol. The third-order valence-electron chi connectivity index (χ3n) is 2.17. The summed E-state index contributed by atoms with van der Waals surface area (Å²) in [5.74, 6) is 0.647. The van der Waals surface area contributed by atoms with Crippen LogP contribution in [-0.4, -0.2) is 7.11 Å². The molecule has 0 aromatic heterocycles. The molecule has 0 aliphatic heterocycles. The summed E-state index contributed by atoms with van der Waals surface area (Å²) in [6, 6.07) is 14.7. The van der Waals surface area contributed by atoms with E-state index in [0.717, 1.165) is 5.69 Å². The predicted molar refractivity (Wildman–Crippen MR) is 68.6 cm³/mol. The summed E-state index contributed by atoms with van der Waals surface area (Å²) in [4.78, 5) is 0. The second kappa shape index (κ2) is 5.46. The number of hydrogen-bond donors (Lipinski definition) is 0. The molecule has 0 aliphatic carbocycles. The van der Waals surface area contributed by atoms with Crippen LogP contribution in [0.4, 0.5) is 11.4 Å². The quantitative estimate of drug-likeness (QED) is 0.719. The number of azo groups is 1. The number of ether oxygens (including phenoxy) is 1. The van der Waals surface area contributed by atoms with Gasteiger partial charge in [0.15, 0.2) is 0 Å². The molecule has 0 unspecified atom stereocenters. The highest BCUT2D eigenvalue weighted by molar-refractivity contribution is 6.30. The molecule has 0 N–H and O–H groups in total. The van der Waals surface area contributed by atoms with E-state index in [2.05, 4.69) is 10.2 Å². The summed E-state index contributed by atoms with van der Waals surface area (Å²) in [5.41, 5.74) is 1.40. The van der Waals surface area contributed by atoms with Crippen LogP contribution in [0.15, 0.2) is 58.8 Å². The lowest BCUT2D eigenvalue weighted by Gasteiger charge is -2.03. The van der Waals surface area contributed by atoms with Crippen LogP contribution in [-0.2, 0) is 0 Å². The van der Waals surface area contributed by atoms with Crippen LogP contribution in [0.1, 0.15) is 0 Å². The van der Waals surface area contributed by atoms with Gasteiger partial charge in [-0.25, -0.2) is 0 Å². The predicted octanol–water partition coefficient (Wildman–Crippen LogP) is 4.76.